The van der Waals surface area contributed by atoms with Gasteiger partial charge in [0.2, 0.25) is 5.91 Å². The number of hydrogen-bond acceptors (Lipinski definition) is 5. The normalized spacial score (nSPS) is 16.0. The van der Waals surface area contributed by atoms with E-state index in [-0.39, 0.29) is 0 Å². The van der Waals surface area contributed by atoms with Gasteiger partial charge in [-0.05, 0) is 30.3 Å². The highest BCUT2D eigenvalue weighted by Gasteiger charge is 2.35. The summed E-state index contributed by atoms with van der Waals surface area (Å²) in [7, 11) is -4.86. The monoisotopic (exact) mass is 394 g/mol. The molecule has 1 saturated heterocycles. The van der Waals surface area contributed by atoms with Gasteiger partial charge in [-0.15, -0.1) is 0 Å². The molecule has 0 bridgehead atoms. The quantitative estimate of drug-likeness (QED) is 0.755. The molecule has 0 saturated carbocycles. The zero-order chi connectivity index (χ0) is 19.4. The number of carbonyl (C=O) groups is 1. The number of halogens is 1. The maximum absolute atomic E-state index is 14.0. The van der Waals surface area contributed by atoms with E-state index in [0.29, 0.717) is 18.9 Å². The minimum Gasteiger partial charge on any atom is -0.378 e. The summed E-state index contributed by atoms with van der Waals surface area (Å²) >= 11 is 0. The number of nitrogens with zero attached hydrogens (tertiary/aromatic N) is 1. The predicted octanol–water partition coefficient (Wildman–Crippen LogP) is 2.23. The van der Waals surface area contributed by atoms with Gasteiger partial charge in [-0.2, -0.15) is 8.42 Å². The third-order valence-electron chi connectivity index (χ3n) is 4.23. The van der Waals surface area contributed by atoms with Crippen LogP contribution in [0.4, 0.5) is 15.8 Å². The van der Waals surface area contributed by atoms with E-state index in [2.05, 4.69) is 10.2 Å². The van der Waals surface area contributed by atoms with Crippen LogP contribution in [0.25, 0.3) is 0 Å². The summed E-state index contributed by atoms with van der Waals surface area (Å²) in [6.07, 6.45) is 0. The molecule has 1 amide bonds. The van der Waals surface area contributed by atoms with Gasteiger partial charge in [0.15, 0.2) is 5.25 Å². The van der Waals surface area contributed by atoms with E-state index in [1.165, 1.54) is 12.1 Å². The van der Waals surface area contributed by atoms with Gasteiger partial charge < -0.3 is 15.0 Å². The zero-order valence-corrected chi connectivity index (χ0v) is 15.2. The number of hydrogen-bond donors (Lipinski definition) is 2. The fourth-order valence-corrected chi connectivity index (χ4v) is 3.75. The van der Waals surface area contributed by atoms with Gasteiger partial charge in [-0.3, -0.25) is 9.35 Å². The second-order valence-electron chi connectivity index (χ2n) is 6.05. The Kier molecular flexibility index (Phi) is 5.73. The van der Waals surface area contributed by atoms with E-state index in [4.69, 9.17) is 4.74 Å². The van der Waals surface area contributed by atoms with Gasteiger partial charge in [0.25, 0.3) is 10.1 Å². The molecule has 0 radical (unpaired) electrons. The first-order chi connectivity index (χ1) is 12.9. The van der Waals surface area contributed by atoms with Crippen molar-refractivity contribution in [2.45, 2.75) is 5.25 Å². The number of ether oxygens (including phenoxy) is 1. The molecule has 1 fully saturated rings. The maximum Gasteiger partial charge on any atom is 0.281 e. The molecule has 0 aromatic heterocycles. The van der Waals surface area contributed by atoms with Crippen LogP contribution in [0, 0.1) is 5.82 Å². The van der Waals surface area contributed by atoms with E-state index in [9.17, 15) is 22.2 Å². The first-order valence-corrected chi connectivity index (χ1v) is 9.81. The molecule has 1 aliphatic heterocycles. The second-order valence-corrected chi connectivity index (χ2v) is 7.55. The lowest BCUT2D eigenvalue weighted by atomic mass is 10.1. The molecule has 1 aliphatic rings. The van der Waals surface area contributed by atoms with E-state index in [1.54, 1.807) is 24.3 Å². The molecule has 9 heteroatoms. The first-order valence-electron chi connectivity index (χ1n) is 8.30. The molecule has 3 rings (SSSR count). The lowest BCUT2D eigenvalue weighted by molar-refractivity contribution is -0.116. The zero-order valence-electron chi connectivity index (χ0n) is 14.3. The molecule has 0 aliphatic carbocycles. The van der Waals surface area contributed by atoms with Crippen LogP contribution in [-0.2, 0) is 19.6 Å². The molecule has 1 atom stereocenters. The second kappa shape index (κ2) is 8.03. The van der Waals surface area contributed by atoms with Crippen LogP contribution in [0.15, 0.2) is 48.5 Å². The third-order valence-corrected chi connectivity index (χ3v) is 5.30. The van der Waals surface area contributed by atoms with Crippen molar-refractivity contribution in [1.29, 1.82) is 0 Å². The van der Waals surface area contributed by atoms with Crippen LogP contribution in [0.5, 0.6) is 0 Å². The Hall–Kier alpha value is -2.49. The third kappa shape index (κ3) is 4.62. The molecule has 144 valence electrons. The number of carbonyl (C=O) groups excluding carboxylic acids is 1. The molecular formula is C18H19FN2O5S. The molecule has 27 heavy (non-hydrogen) atoms. The summed E-state index contributed by atoms with van der Waals surface area (Å²) in [5, 5.41) is 0.359. The van der Waals surface area contributed by atoms with Crippen molar-refractivity contribution in [2.75, 3.05) is 36.5 Å². The summed E-state index contributed by atoms with van der Waals surface area (Å²) < 4.78 is 52.1. The molecule has 2 aromatic carbocycles. The lowest BCUT2D eigenvalue weighted by Crippen LogP contribution is -2.36. The summed E-state index contributed by atoms with van der Waals surface area (Å²) in [5.74, 6) is -1.93. The van der Waals surface area contributed by atoms with Crippen molar-refractivity contribution in [3.05, 3.63) is 59.9 Å². The number of morpholine rings is 1. The maximum atomic E-state index is 14.0. The van der Waals surface area contributed by atoms with Crippen molar-refractivity contribution in [3.63, 3.8) is 0 Å². The number of nitrogens with one attached hydrogen (secondary N) is 1. The van der Waals surface area contributed by atoms with Crippen molar-refractivity contribution >= 4 is 27.4 Å². The predicted molar refractivity (Wildman–Crippen MR) is 98.8 cm³/mol. The van der Waals surface area contributed by atoms with E-state index in [0.717, 1.165) is 30.9 Å². The van der Waals surface area contributed by atoms with Gasteiger partial charge in [0, 0.05) is 30.0 Å². The van der Waals surface area contributed by atoms with Gasteiger partial charge >= 0.3 is 0 Å². The Morgan fingerprint density at radius 2 is 1.74 bits per heavy atom. The van der Waals surface area contributed by atoms with E-state index >= 15 is 0 Å². The molecule has 1 unspecified atom stereocenters. The lowest BCUT2D eigenvalue weighted by Gasteiger charge is -2.29. The van der Waals surface area contributed by atoms with Gasteiger partial charge in [-0.25, -0.2) is 4.39 Å². The highest BCUT2D eigenvalue weighted by atomic mass is 32.2. The van der Waals surface area contributed by atoms with Crippen molar-refractivity contribution in [1.82, 2.24) is 0 Å². The van der Waals surface area contributed by atoms with Crippen LogP contribution in [0.2, 0.25) is 0 Å². The Labute approximate surface area is 156 Å². The molecule has 2 N–H and O–H groups in total. The molecular weight excluding hydrogens is 375 g/mol. The highest BCUT2D eigenvalue weighted by Crippen LogP contribution is 2.26. The number of anilines is 2. The van der Waals surface area contributed by atoms with Crippen molar-refractivity contribution in [3.8, 4) is 0 Å². The average Bonchev–Trinajstić information content (AvgIpc) is 2.64. The number of benzene rings is 2. The van der Waals surface area contributed by atoms with Gasteiger partial charge in [-0.1, -0.05) is 18.2 Å². The topological polar surface area (TPSA) is 95.9 Å². The average molecular weight is 394 g/mol. The Morgan fingerprint density at radius 3 is 2.33 bits per heavy atom. The van der Waals surface area contributed by atoms with Gasteiger partial charge in [0.1, 0.15) is 5.82 Å². The van der Waals surface area contributed by atoms with Crippen LogP contribution in [0.3, 0.4) is 0 Å². The molecule has 0 spiro atoms. The van der Waals surface area contributed by atoms with Crippen molar-refractivity contribution in [2.24, 2.45) is 0 Å². The van der Waals surface area contributed by atoms with Gasteiger partial charge in [0.05, 0.1) is 13.2 Å². The smallest absolute Gasteiger partial charge is 0.281 e. The first kappa shape index (κ1) is 19.3. The van der Waals surface area contributed by atoms with E-state index < -0.39 is 32.7 Å². The Morgan fingerprint density at radius 1 is 1.11 bits per heavy atom. The highest BCUT2D eigenvalue weighted by molar-refractivity contribution is 7.86. The minimum absolute atomic E-state index is 0.335. The molecule has 2 aromatic rings. The van der Waals surface area contributed by atoms with Crippen LogP contribution < -0.4 is 10.2 Å². The Bertz CT molecular complexity index is 912. The standard InChI is InChI=1S/C18H19FN2O5S/c19-16-4-2-1-3-15(16)17(27(23,24)25)18(22)20-13-5-7-14(8-6-13)21-9-11-26-12-10-21/h1-8,17H,9-12H2,(H,20,22)(H,23,24,25). The summed E-state index contributed by atoms with van der Waals surface area (Å²) in [4.78, 5) is 14.6. The number of rotatable bonds is 5. The van der Waals surface area contributed by atoms with Crippen LogP contribution in [-0.4, -0.2) is 45.2 Å². The fourth-order valence-electron chi connectivity index (χ4n) is 2.91. The summed E-state index contributed by atoms with van der Waals surface area (Å²) in [5.41, 5.74) is 0.862. The minimum atomic E-state index is -4.86. The fraction of sp³-hybridized carbons (Fsp3) is 0.278. The largest absolute Gasteiger partial charge is 0.378 e. The number of amides is 1. The molecule has 7 nitrogen and oxygen atoms in total. The summed E-state index contributed by atoms with van der Waals surface area (Å²) in [6.45, 7) is 2.78. The van der Waals surface area contributed by atoms with E-state index in [1.807, 2.05) is 0 Å². The van der Waals surface area contributed by atoms with Crippen LogP contribution >= 0.6 is 0 Å². The van der Waals surface area contributed by atoms with Crippen molar-refractivity contribution < 1.29 is 26.9 Å². The summed E-state index contributed by atoms with van der Waals surface area (Å²) in [6, 6.07) is 11.7. The Balaban J connectivity index is 1.79. The SMILES string of the molecule is O=C(Nc1ccc(N2CCOCC2)cc1)C(c1ccccc1F)S(=O)(=O)O. The van der Waals surface area contributed by atoms with Crippen LogP contribution in [0.1, 0.15) is 10.8 Å². The molecule has 1 heterocycles.